The highest BCUT2D eigenvalue weighted by atomic mass is 16.3. The maximum Gasteiger partial charge on any atom is 0.180 e. The minimum absolute atomic E-state index is 0.323. The van der Waals surface area contributed by atoms with Crippen LogP contribution < -0.4 is 0 Å². The second-order valence-electron chi connectivity index (χ2n) is 3.90. The summed E-state index contributed by atoms with van der Waals surface area (Å²) in [6, 6.07) is 0. The summed E-state index contributed by atoms with van der Waals surface area (Å²) in [6.07, 6.45) is 6.48. The number of aryl methyl sites for hydroxylation is 1. The van der Waals surface area contributed by atoms with E-state index in [0.29, 0.717) is 5.82 Å². The fraction of sp³-hybridized carbons (Fsp3) is 0.889. The van der Waals surface area contributed by atoms with Crippen LogP contribution in [0.15, 0.2) is 0 Å². The SMILES string of the molecule is [O]Cc1nnnn1CCCC1CCC1. The van der Waals surface area contributed by atoms with Crippen molar-refractivity contribution in [3.8, 4) is 0 Å². The molecule has 1 radical (unpaired) electrons. The lowest BCUT2D eigenvalue weighted by Gasteiger charge is -2.24. The van der Waals surface area contributed by atoms with Crippen molar-refractivity contribution in [3.63, 3.8) is 0 Å². The Kier molecular flexibility index (Phi) is 3.08. The molecule has 2 rings (SSSR count). The van der Waals surface area contributed by atoms with Crippen LogP contribution in [0.3, 0.4) is 0 Å². The summed E-state index contributed by atoms with van der Waals surface area (Å²) >= 11 is 0. The molecule has 77 valence electrons. The first-order chi connectivity index (χ1) is 6.90. The van der Waals surface area contributed by atoms with Crippen LogP contribution in [0.25, 0.3) is 0 Å². The number of nitrogens with zero attached hydrogens (tertiary/aromatic N) is 4. The van der Waals surface area contributed by atoms with Gasteiger partial charge in [0.1, 0.15) is 6.61 Å². The van der Waals surface area contributed by atoms with E-state index in [2.05, 4.69) is 15.5 Å². The molecule has 5 nitrogen and oxygen atoms in total. The van der Waals surface area contributed by atoms with Gasteiger partial charge in [-0.2, -0.15) is 0 Å². The van der Waals surface area contributed by atoms with Gasteiger partial charge < -0.3 is 0 Å². The first-order valence-electron chi connectivity index (χ1n) is 5.23. The Morgan fingerprint density at radius 2 is 2.29 bits per heavy atom. The lowest BCUT2D eigenvalue weighted by Crippen LogP contribution is -2.13. The highest BCUT2D eigenvalue weighted by Crippen LogP contribution is 2.30. The number of hydrogen-bond acceptors (Lipinski definition) is 3. The summed E-state index contributed by atoms with van der Waals surface area (Å²) in [7, 11) is 0. The molecule has 0 amide bonds. The van der Waals surface area contributed by atoms with Gasteiger partial charge in [-0.1, -0.05) is 19.3 Å². The minimum Gasteiger partial charge on any atom is -0.228 e. The summed E-state index contributed by atoms with van der Waals surface area (Å²) in [5.41, 5.74) is 0. The number of hydrogen-bond donors (Lipinski definition) is 0. The molecule has 0 unspecified atom stereocenters. The van der Waals surface area contributed by atoms with Gasteiger partial charge >= 0.3 is 0 Å². The highest BCUT2D eigenvalue weighted by Gasteiger charge is 2.16. The van der Waals surface area contributed by atoms with Gasteiger partial charge in [0.05, 0.1) is 0 Å². The van der Waals surface area contributed by atoms with Crippen LogP contribution in [0.1, 0.15) is 37.9 Å². The highest BCUT2D eigenvalue weighted by molar-refractivity contribution is 4.76. The second kappa shape index (κ2) is 4.50. The standard InChI is InChI=1S/C9H15N4O/c14-7-9-10-11-12-13(9)6-2-5-8-3-1-4-8/h8H,1-7H2. The van der Waals surface area contributed by atoms with Crippen LogP contribution in [0, 0.1) is 5.92 Å². The van der Waals surface area contributed by atoms with E-state index >= 15 is 0 Å². The predicted molar refractivity (Wildman–Crippen MR) is 48.8 cm³/mol. The molecule has 1 fully saturated rings. The first kappa shape index (κ1) is 9.58. The Morgan fingerprint density at radius 3 is 2.93 bits per heavy atom. The van der Waals surface area contributed by atoms with Crippen LogP contribution in [0.2, 0.25) is 0 Å². The fourth-order valence-electron chi connectivity index (χ4n) is 1.81. The number of aromatic nitrogens is 4. The van der Waals surface area contributed by atoms with Crippen LogP contribution in [-0.4, -0.2) is 20.2 Å². The van der Waals surface area contributed by atoms with E-state index in [1.54, 1.807) is 4.68 Å². The summed E-state index contributed by atoms with van der Waals surface area (Å²) < 4.78 is 1.63. The topological polar surface area (TPSA) is 63.5 Å². The Bertz CT molecular complexity index is 282. The molecule has 0 spiro atoms. The van der Waals surface area contributed by atoms with Crippen molar-refractivity contribution >= 4 is 0 Å². The maximum atomic E-state index is 10.6. The van der Waals surface area contributed by atoms with Crippen molar-refractivity contribution in [2.24, 2.45) is 5.92 Å². The summed E-state index contributed by atoms with van der Waals surface area (Å²) in [5.74, 6) is 1.38. The molecule has 0 saturated heterocycles. The van der Waals surface area contributed by atoms with Crippen molar-refractivity contribution in [1.29, 1.82) is 0 Å². The van der Waals surface area contributed by atoms with E-state index in [0.717, 1.165) is 18.9 Å². The van der Waals surface area contributed by atoms with E-state index in [1.807, 2.05) is 0 Å². The molecule has 0 atom stereocenters. The van der Waals surface area contributed by atoms with Gasteiger partial charge in [-0.05, 0) is 29.2 Å². The van der Waals surface area contributed by atoms with E-state index in [9.17, 15) is 5.11 Å². The Morgan fingerprint density at radius 1 is 1.43 bits per heavy atom. The first-order valence-corrected chi connectivity index (χ1v) is 5.23. The predicted octanol–water partition coefficient (Wildman–Crippen LogP) is 1.18. The molecule has 1 aliphatic rings. The number of tetrazole rings is 1. The zero-order valence-corrected chi connectivity index (χ0v) is 8.22. The van der Waals surface area contributed by atoms with Gasteiger partial charge in [0.2, 0.25) is 0 Å². The fourth-order valence-corrected chi connectivity index (χ4v) is 1.81. The van der Waals surface area contributed by atoms with Gasteiger partial charge in [-0.15, -0.1) is 5.10 Å². The average molecular weight is 195 g/mol. The van der Waals surface area contributed by atoms with Gasteiger partial charge in [0.15, 0.2) is 5.82 Å². The zero-order chi connectivity index (χ0) is 9.80. The molecule has 0 bridgehead atoms. The van der Waals surface area contributed by atoms with Crippen molar-refractivity contribution < 1.29 is 5.11 Å². The van der Waals surface area contributed by atoms with E-state index in [-0.39, 0.29) is 6.61 Å². The van der Waals surface area contributed by atoms with Gasteiger partial charge in [0.25, 0.3) is 0 Å². The van der Waals surface area contributed by atoms with Crippen molar-refractivity contribution in [2.75, 3.05) is 0 Å². The summed E-state index contributed by atoms with van der Waals surface area (Å²) in [4.78, 5) is 0. The van der Waals surface area contributed by atoms with E-state index in [1.165, 1.54) is 25.7 Å². The van der Waals surface area contributed by atoms with Crippen LogP contribution in [-0.2, 0) is 18.3 Å². The maximum absolute atomic E-state index is 10.6. The van der Waals surface area contributed by atoms with Crippen LogP contribution in [0.4, 0.5) is 0 Å². The third kappa shape index (κ3) is 2.09. The lowest BCUT2D eigenvalue weighted by molar-refractivity contribution is 0.163. The molecule has 1 aromatic heterocycles. The molecule has 1 heterocycles. The monoisotopic (exact) mass is 195 g/mol. The van der Waals surface area contributed by atoms with Crippen LogP contribution in [0.5, 0.6) is 0 Å². The second-order valence-corrected chi connectivity index (χ2v) is 3.90. The number of rotatable bonds is 5. The minimum atomic E-state index is -0.323. The smallest absolute Gasteiger partial charge is 0.180 e. The molecule has 0 N–H and O–H groups in total. The van der Waals surface area contributed by atoms with Gasteiger partial charge in [-0.3, -0.25) is 0 Å². The van der Waals surface area contributed by atoms with Gasteiger partial charge in [0, 0.05) is 6.54 Å². The molecule has 1 aromatic rings. The lowest BCUT2D eigenvalue weighted by atomic mass is 9.82. The molecule has 0 aromatic carbocycles. The average Bonchev–Trinajstić information content (AvgIpc) is 2.56. The molecule has 1 saturated carbocycles. The molecule has 5 heteroatoms. The van der Waals surface area contributed by atoms with Crippen LogP contribution >= 0.6 is 0 Å². The molecular formula is C9H15N4O. The zero-order valence-electron chi connectivity index (χ0n) is 8.22. The molecule has 1 aliphatic carbocycles. The Hall–Kier alpha value is -0.970. The van der Waals surface area contributed by atoms with E-state index < -0.39 is 0 Å². The Balaban J connectivity index is 1.73. The molecule has 14 heavy (non-hydrogen) atoms. The van der Waals surface area contributed by atoms with Gasteiger partial charge in [-0.25, -0.2) is 9.79 Å². The third-order valence-electron chi connectivity index (χ3n) is 2.94. The van der Waals surface area contributed by atoms with Crippen molar-refractivity contribution in [3.05, 3.63) is 5.82 Å². The summed E-state index contributed by atoms with van der Waals surface area (Å²) in [5, 5.41) is 21.5. The van der Waals surface area contributed by atoms with Crippen molar-refractivity contribution in [2.45, 2.75) is 45.3 Å². The normalized spacial score (nSPS) is 16.9. The molecular weight excluding hydrogens is 180 g/mol. The molecule has 0 aliphatic heterocycles. The quantitative estimate of drug-likeness (QED) is 0.708. The van der Waals surface area contributed by atoms with E-state index in [4.69, 9.17) is 0 Å². The Labute approximate surface area is 83.1 Å². The third-order valence-corrected chi connectivity index (χ3v) is 2.94. The largest absolute Gasteiger partial charge is 0.228 e. The summed E-state index contributed by atoms with van der Waals surface area (Å²) in [6.45, 7) is 0.470. The van der Waals surface area contributed by atoms with Crippen molar-refractivity contribution in [1.82, 2.24) is 20.2 Å².